The van der Waals surface area contributed by atoms with E-state index in [-0.39, 0.29) is 16.7 Å². The number of benzene rings is 1. The number of carboxylic acid groups (broad SMARTS) is 1. The maximum absolute atomic E-state index is 13.0. The van der Waals surface area contributed by atoms with Gasteiger partial charge in [0.05, 0.1) is 5.37 Å². The van der Waals surface area contributed by atoms with Crippen molar-refractivity contribution in [2.75, 3.05) is 5.75 Å². The summed E-state index contributed by atoms with van der Waals surface area (Å²) in [4.78, 5) is 26.1. The number of carboxylic acids is 1. The third-order valence-electron chi connectivity index (χ3n) is 4.28. The molecule has 0 aliphatic carbocycles. The smallest absolute Gasteiger partial charge is 0.327 e. The number of hydrogen-bond acceptors (Lipinski definition) is 3. The average molecular weight is 349 g/mol. The molecule has 1 saturated heterocycles. The maximum atomic E-state index is 13.0. The molecule has 132 valence electrons. The number of rotatable bonds is 4. The summed E-state index contributed by atoms with van der Waals surface area (Å²) < 4.78 is 0. The van der Waals surface area contributed by atoms with Crippen LogP contribution in [0.5, 0.6) is 0 Å². The summed E-state index contributed by atoms with van der Waals surface area (Å²) in [5.41, 5.74) is 1.74. The van der Waals surface area contributed by atoms with Gasteiger partial charge in [0.15, 0.2) is 0 Å². The number of carbonyl (C=O) groups is 2. The molecule has 1 aliphatic heterocycles. The lowest BCUT2D eigenvalue weighted by molar-refractivity contribution is -0.141. The molecule has 5 heteroatoms. The number of amides is 1. The Balaban J connectivity index is 2.27. The van der Waals surface area contributed by atoms with Crippen LogP contribution in [0, 0.1) is 5.92 Å². The second-order valence-corrected chi connectivity index (χ2v) is 9.02. The van der Waals surface area contributed by atoms with E-state index in [9.17, 15) is 14.7 Å². The van der Waals surface area contributed by atoms with E-state index in [1.165, 1.54) is 0 Å². The molecule has 1 amide bonds. The van der Waals surface area contributed by atoms with Gasteiger partial charge >= 0.3 is 5.97 Å². The summed E-state index contributed by atoms with van der Waals surface area (Å²) in [5.74, 6) is -0.237. The molecule has 1 aromatic rings. The second-order valence-electron chi connectivity index (χ2n) is 7.81. The molecular formula is C19H27NO3S. The molecule has 0 bridgehead atoms. The van der Waals surface area contributed by atoms with Crippen molar-refractivity contribution in [3.05, 3.63) is 35.4 Å². The van der Waals surface area contributed by atoms with E-state index in [1.54, 1.807) is 16.7 Å². The van der Waals surface area contributed by atoms with Crippen LogP contribution in [-0.4, -0.2) is 39.1 Å². The van der Waals surface area contributed by atoms with Crippen molar-refractivity contribution in [2.24, 2.45) is 5.92 Å². The summed E-state index contributed by atoms with van der Waals surface area (Å²) in [6.07, 6.45) is 0.806. The van der Waals surface area contributed by atoms with Crippen LogP contribution < -0.4 is 0 Å². The SMILES string of the molecule is CC(C)C[C@H]1SC[C@H](C(=O)O)N1C(=O)c1ccc(C(C)(C)C)cc1. The van der Waals surface area contributed by atoms with Crippen LogP contribution in [0.4, 0.5) is 0 Å². The molecule has 2 rings (SSSR count). The van der Waals surface area contributed by atoms with E-state index in [0.29, 0.717) is 17.2 Å². The van der Waals surface area contributed by atoms with Gasteiger partial charge in [0.25, 0.3) is 5.91 Å². The second kappa shape index (κ2) is 7.18. The van der Waals surface area contributed by atoms with Crippen molar-refractivity contribution in [1.29, 1.82) is 0 Å². The normalized spacial score (nSPS) is 21.3. The Labute approximate surface area is 148 Å². The molecule has 0 aromatic heterocycles. The van der Waals surface area contributed by atoms with E-state index in [0.717, 1.165) is 12.0 Å². The van der Waals surface area contributed by atoms with E-state index < -0.39 is 12.0 Å². The molecule has 1 fully saturated rings. The minimum atomic E-state index is -0.923. The van der Waals surface area contributed by atoms with Crippen molar-refractivity contribution in [1.82, 2.24) is 4.90 Å². The Hall–Kier alpha value is -1.49. The zero-order valence-electron chi connectivity index (χ0n) is 15.1. The summed E-state index contributed by atoms with van der Waals surface area (Å²) in [7, 11) is 0. The fourth-order valence-electron chi connectivity index (χ4n) is 2.87. The highest BCUT2D eigenvalue weighted by Gasteiger charge is 2.42. The monoisotopic (exact) mass is 349 g/mol. The Morgan fingerprint density at radius 2 is 1.83 bits per heavy atom. The van der Waals surface area contributed by atoms with Crippen LogP contribution >= 0.6 is 11.8 Å². The molecule has 0 unspecified atom stereocenters. The Kier molecular flexibility index (Phi) is 5.63. The van der Waals surface area contributed by atoms with Gasteiger partial charge in [-0.15, -0.1) is 11.8 Å². The first kappa shape index (κ1) is 18.8. The molecule has 1 aromatic carbocycles. The molecule has 0 spiro atoms. The number of nitrogens with zero attached hydrogens (tertiary/aromatic N) is 1. The summed E-state index contributed by atoms with van der Waals surface area (Å²) in [6.45, 7) is 10.6. The highest BCUT2D eigenvalue weighted by atomic mass is 32.2. The van der Waals surface area contributed by atoms with E-state index in [4.69, 9.17) is 0 Å². The lowest BCUT2D eigenvalue weighted by Gasteiger charge is -2.28. The molecule has 0 saturated carbocycles. The van der Waals surface area contributed by atoms with Gasteiger partial charge in [0.2, 0.25) is 0 Å². The van der Waals surface area contributed by atoms with Gasteiger partial charge in [0.1, 0.15) is 6.04 Å². The van der Waals surface area contributed by atoms with Crippen molar-refractivity contribution < 1.29 is 14.7 Å². The fraction of sp³-hybridized carbons (Fsp3) is 0.579. The summed E-state index contributed by atoms with van der Waals surface area (Å²) in [6, 6.07) is 6.82. The van der Waals surface area contributed by atoms with Gasteiger partial charge in [-0.1, -0.05) is 46.8 Å². The number of thioether (sulfide) groups is 1. The molecule has 4 nitrogen and oxygen atoms in total. The summed E-state index contributed by atoms with van der Waals surface area (Å²) >= 11 is 1.57. The van der Waals surface area contributed by atoms with Gasteiger partial charge in [-0.25, -0.2) is 4.79 Å². The van der Waals surface area contributed by atoms with Gasteiger partial charge < -0.3 is 10.0 Å². The van der Waals surface area contributed by atoms with Gasteiger partial charge in [-0.05, 0) is 35.4 Å². The number of carbonyl (C=O) groups excluding carboxylic acids is 1. The minimum Gasteiger partial charge on any atom is -0.480 e. The predicted molar refractivity (Wildman–Crippen MR) is 98.4 cm³/mol. The maximum Gasteiger partial charge on any atom is 0.327 e. The molecular weight excluding hydrogens is 322 g/mol. The quantitative estimate of drug-likeness (QED) is 0.893. The van der Waals surface area contributed by atoms with Crippen molar-refractivity contribution in [2.45, 2.75) is 57.9 Å². The fourth-order valence-corrected chi connectivity index (χ4v) is 4.50. The molecule has 1 heterocycles. The first-order chi connectivity index (χ1) is 11.1. The van der Waals surface area contributed by atoms with Gasteiger partial charge in [0, 0.05) is 11.3 Å². The van der Waals surface area contributed by atoms with Gasteiger partial charge in [-0.3, -0.25) is 4.79 Å². The lowest BCUT2D eigenvalue weighted by atomic mass is 9.86. The minimum absolute atomic E-state index is 0.0227. The Bertz CT molecular complexity index is 604. The average Bonchev–Trinajstić information content (AvgIpc) is 2.88. The first-order valence-electron chi connectivity index (χ1n) is 8.39. The van der Waals surface area contributed by atoms with Crippen LogP contribution in [0.3, 0.4) is 0 Å². The highest BCUT2D eigenvalue weighted by molar-refractivity contribution is 8.00. The largest absolute Gasteiger partial charge is 0.480 e. The van der Waals surface area contributed by atoms with Crippen LogP contribution in [0.2, 0.25) is 0 Å². The predicted octanol–water partition coefficient (Wildman–Crippen LogP) is 4.00. The third kappa shape index (κ3) is 4.12. The molecule has 1 aliphatic rings. The standard InChI is InChI=1S/C19H27NO3S/c1-12(2)10-16-20(15(11-24-16)18(22)23)17(21)13-6-8-14(9-7-13)19(3,4)5/h6-9,12,15-16H,10-11H2,1-5H3,(H,22,23)/t15-,16-/m1/s1. The molecule has 0 radical (unpaired) electrons. The summed E-state index contributed by atoms with van der Waals surface area (Å²) in [5, 5.41) is 9.41. The van der Waals surface area contributed by atoms with Crippen LogP contribution in [0.15, 0.2) is 24.3 Å². The number of aliphatic carboxylic acids is 1. The van der Waals surface area contributed by atoms with E-state index in [2.05, 4.69) is 34.6 Å². The van der Waals surface area contributed by atoms with Gasteiger partial charge in [-0.2, -0.15) is 0 Å². The van der Waals surface area contributed by atoms with Crippen LogP contribution in [0.1, 0.15) is 57.0 Å². The van der Waals surface area contributed by atoms with E-state index in [1.807, 2.05) is 24.3 Å². The van der Waals surface area contributed by atoms with E-state index >= 15 is 0 Å². The van der Waals surface area contributed by atoms with Crippen LogP contribution in [0.25, 0.3) is 0 Å². The topological polar surface area (TPSA) is 57.6 Å². The highest BCUT2D eigenvalue weighted by Crippen LogP contribution is 2.35. The third-order valence-corrected chi connectivity index (χ3v) is 5.60. The molecule has 2 atom stereocenters. The lowest BCUT2D eigenvalue weighted by Crippen LogP contribution is -2.46. The van der Waals surface area contributed by atoms with Crippen LogP contribution in [-0.2, 0) is 10.2 Å². The zero-order chi connectivity index (χ0) is 18.1. The number of hydrogen-bond donors (Lipinski definition) is 1. The molecule has 24 heavy (non-hydrogen) atoms. The van der Waals surface area contributed by atoms with Crippen molar-refractivity contribution in [3.63, 3.8) is 0 Å². The van der Waals surface area contributed by atoms with Crippen molar-refractivity contribution in [3.8, 4) is 0 Å². The Morgan fingerprint density at radius 1 is 1.25 bits per heavy atom. The zero-order valence-corrected chi connectivity index (χ0v) is 15.9. The molecule has 1 N–H and O–H groups in total. The Morgan fingerprint density at radius 3 is 2.29 bits per heavy atom. The van der Waals surface area contributed by atoms with Crippen molar-refractivity contribution >= 4 is 23.6 Å². The first-order valence-corrected chi connectivity index (χ1v) is 9.43.